The number of rotatable bonds is 7. The summed E-state index contributed by atoms with van der Waals surface area (Å²) in [6.07, 6.45) is 11.2. The molecule has 0 saturated heterocycles. The Morgan fingerprint density at radius 1 is 0.966 bits per heavy atom. The van der Waals surface area contributed by atoms with E-state index in [9.17, 15) is 14.4 Å². The fraction of sp³-hybridized carbons (Fsp3) is 0.542. The minimum atomic E-state index is -0.559. The average Bonchev–Trinajstić information content (AvgIpc) is 2.78. The van der Waals surface area contributed by atoms with Gasteiger partial charge in [0.1, 0.15) is 12.7 Å². The lowest BCUT2D eigenvalue weighted by Crippen LogP contribution is -2.22. The number of benzene rings is 1. The molecule has 0 heterocycles. The molecule has 0 aromatic heterocycles. The van der Waals surface area contributed by atoms with Gasteiger partial charge in [-0.1, -0.05) is 38.3 Å². The molecule has 2 saturated carbocycles. The first-order chi connectivity index (χ1) is 14.1. The third-order valence-corrected chi connectivity index (χ3v) is 5.94. The molecule has 5 heteroatoms. The Morgan fingerprint density at radius 2 is 1.62 bits per heavy atom. The van der Waals surface area contributed by atoms with E-state index in [1.165, 1.54) is 12.8 Å². The maximum absolute atomic E-state index is 13.1. The third-order valence-electron chi connectivity index (χ3n) is 5.94. The van der Waals surface area contributed by atoms with Crippen LogP contribution in [0.4, 0.5) is 0 Å². The maximum Gasteiger partial charge on any atom is 0.338 e. The van der Waals surface area contributed by atoms with Crippen molar-refractivity contribution in [3.63, 3.8) is 0 Å². The second-order valence-corrected chi connectivity index (χ2v) is 8.05. The third kappa shape index (κ3) is 5.78. The van der Waals surface area contributed by atoms with Crippen LogP contribution in [0.25, 0.3) is 0 Å². The first kappa shape index (κ1) is 21.3. The van der Waals surface area contributed by atoms with E-state index in [1.807, 2.05) is 0 Å². The highest BCUT2D eigenvalue weighted by Crippen LogP contribution is 2.29. The van der Waals surface area contributed by atoms with Crippen molar-refractivity contribution in [3.05, 3.63) is 47.5 Å². The van der Waals surface area contributed by atoms with Gasteiger partial charge >= 0.3 is 11.9 Å². The van der Waals surface area contributed by atoms with E-state index in [1.54, 1.807) is 18.2 Å². The molecule has 0 amide bonds. The summed E-state index contributed by atoms with van der Waals surface area (Å²) in [6, 6.07) is 4.98. The van der Waals surface area contributed by atoms with Gasteiger partial charge in [0.05, 0.1) is 5.56 Å². The molecule has 0 bridgehead atoms. The van der Waals surface area contributed by atoms with Crippen LogP contribution >= 0.6 is 0 Å². The normalized spacial score (nSPS) is 18.1. The van der Waals surface area contributed by atoms with Gasteiger partial charge in [0, 0.05) is 23.1 Å². The molecule has 2 fully saturated rings. The Labute approximate surface area is 172 Å². The standard InChI is InChI=1S/C24H30O5/c1-2-22(25)28-16-19-15-18(24(27)29-20-11-7-4-8-12-20)13-14-21(19)23(26)17-9-5-3-6-10-17/h2,13-15,17,20H,1,3-12,16H2. The monoisotopic (exact) mass is 398 g/mol. The summed E-state index contributed by atoms with van der Waals surface area (Å²) in [4.78, 5) is 37.2. The number of hydrogen-bond acceptors (Lipinski definition) is 5. The number of esters is 2. The first-order valence-corrected chi connectivity index (χ1v) is 10.8. The molecule has 0 spiro atoms. The number of carbonyl (C=O) groups excluding carboxylic acids is 3. The van der Waals surface area contributed by atoms with Crippen molar-refractivity contribution in [2.75, 3.05) is 0 Å². The van der Waals surface area contributed by atoms with E-state index < -0.39 is 5.97 Å². The van der Waals surface area contributed by atoms with Crippen LogP contribution in [0.3, 0.4) is 0 Å². The molecule has 0 unspecified atom stereocenters. The predicted octanol–water partition coefficient (Wildman–Crippen LogP) is 5.17. The molecule has 0 N–H and O–H groups in total. The van der Waals surface area contributed by atoms with E-state index >= 15 is 0 Å². The smallest absolute Gasteiger partial charge is 0.338 e. The maximum atomic E-state index is 13.1. The number of Topliss-reactive ketones (excluding diaryl/α,β-unsaturated/α-hetero) is 1. The van der Waals surface area contributed by atoms with E-state index in [-0.39, 0.29) is 30.4 Å². The summed E-state index contributed by atoms with van der Waals surface area (Å²) in [7, 11) is 0. The molecule has 2 aliphatic rings. The largest absolute Gasteiger partial charge is 0.459 e. The van der Waals surface area contributed by atoms with Gasteiger partial charge in [0.25, 0.3) is 0 Å². The molecule has 1 aromatic carbocycles. The van der Waals surface area contributed by atoms with Gasteiger partial charge in [-0.15, -0.1) is 0 Å². The van der Waals surface area contributed by atoms with Crippen molar-refractivity contribution >= 4 is 17.7 Å². The van der Waals surface area contributed by atoms with Gasteiger partial charge in [-0.25, -0.2) is 9.59 Å². The number of ether oxygens (including phenoxy) is 2. The van der Waals surface area contributed by atoms with Crippen LogP contribution in [0, 0.1) is 5.92 Å². The van der Waals surface area contributed by atoms with Gasteiger partial charge in [0.2, 0.25) is 0 Å². The Bertz CT molecular complexity index is 755. The zero-order valence-electron chi connectivity index (χ0n) is 17.0. The molecule has 0 radical (unpaired) electrons. The van der Waals surface area contributed by atoms with E-state index in [0.717, 1.165) is 57.4 Å². The SMILES string of the molecule is C=CC(=O)OCc1cc(C(=O)OC2CCCCC2)ccc1C(=O)C1CCCCC1. The number of carbonyl (C=O) groups is 3. The topological polar surface area (TPSA) is 69.7 Å². The van der Waals surface area contributed by atoms with Gasteiger partial charge in [-0.3, -0.25) is 4.79 Å². The Hall–Kier alpha value is -2.43. The second kappa shape index (κ2) is 10.4. The van der Waals surface area contributed by atoms with Crippen LogP contribution in [0.2, 0.25) is 0 Å². The van der Waals surface area contributed by atoms with Gasteiger partial charge < -0.3 is 9.47 Å². The molecule has 3 rings (SSSR count). The lowest BCUT2D eigenvalue weighted by molar-refractivity contribution is -0.139. The van der Waals surface area contributed by atoms with Crippen LogP contribution in [-0.4, -0.2) is 23.8 Å². The van der Waals surface area contributed by atoms with E-state index in [0.29, 0.717) is 16.7 Å². The van der Waals surface area contributed by atoms with Crippen LogP contribution in [-0.2, 0) is 20.9 Å². The van der Waals surface area contributed by atoms with Crippen LogP contribution in [0.15, 0.2) is 30.9 Å². The van der Waals surface area contributed by atoms with Crippen LogP contribution in [0.5, 0.6) is 0 Å². The number of hydrogen-bond donors (Lipinski definition) is 0. The summed E-state index contributed by atoms with van der Waals surface area (Å²) in [5.74, 6) is -0.875. The molecule has 29 heavy (non-hydrogen) atoms. The van der Waals surface area contributed by atoms with Crippen molar-refractivity contribution < 1.29 is 23.9 Å². The van der Waals surface area contributed by atoms with Crippen LogP contribution < -0.4 is 0 Å². The average molecular weight is 398 g/mol. The Morgan fingerprint density at radius 3 is 2.28 bits per heavy atom. The highest BCUT2D eigenvalue weighted by atomic mass is 16.5. The molecule has 5 nitrogen and oxygen atoms in total. The first-order valence-electron chi connectivity index (χ1n) is 10.8. The van der Waals surface area contributed by atoms with Crippen molar-refractivity contribution in [2.24, 2.45) is 5.92 Å². The Balaban J connectivity index is 1.79. The van der Waals surface area contributed by atoms with Gasteiger partial charge in [-0.05, 0) is 50.7 Å². The lowest BCUT2D eigenvalue weighted by atomic mass is 9.82. The molecule has 2 aliphatic carbocycles. The molecular weight excluding hydrogens is 368 g/mol. The van der Waals surface area contributed by atoms with Crippen molar-refractivity contribution in [3.8, 4) is 0 Å². The summed E-state index contributed by atoms with van der Waals surface area (Å²) < 4.78 is 10.8. The highest BCUT2D eigenvalue weighted by molar-refractivity contribution is 6.00. The van der Waals surface area contributed by atoms with Crippen molar-refractivity contribution in [1.29, 1.82) is 0 Å². The predicted molar refractivity (Wildman–Crippen MR) is 110 cm³/mol. The molecule has 1 aromatic rings. The molecule has 0 aliphatic heterocycles. The lowest BCUT2D eigenvalue weighted by Gasteiger charge is -2.23. The van der Waals surface area contributed by atoms with Gasteiger partial charge in [-0.2, -0.15) is 0 Å². The van der Waals surface area contributed by atoms with Gasteiger partial charge in [0.15, 0.2) is 5.78 Å². The summed E-state index contributed by atoms with van der Waals surface area (Å²) >= 11 is 0. The van der Waals surface area contributed by atoms with E-state index in [2.05, 4.69) is 6.58 Å². The zero-order valence-corrected chi connectivity index (χ0v) is 17.0. The zero-order chi connectivity index (χ0) is 20.6. The highest BCUT2D eigenvalue weighted by Gasteiger charge is 2.26. The van der Waals surface area contributed by atoms with Crippen LogP contribution in [0.1, 0.15) is 90.5 Å². The summed E-state index contributed by atoms with van der Waals surface area (Å²) in [5, 5.41) is 0. The molecule has 0 atom stereocenters. The van der Waals surface area contributed by atoms with Crippen molar-refractivity contribution in [2.45, 2.75) is 76.9 Å². The Kier molecular flexibility index (Phi) is 7.62. The minimum absolute atomic E-state index is 0.00218. The molecule has 156 valence electrons. The second-order valence-electron chi connectivity index (χ2n) is 8.05. The molecular formula is C24H30O5. The fourth-order valence-corrected chi connectivity index (χ4v) is 4.28. The fourth-order valence-electron chi connectivity index (χ4n) is 4.28. The van der Waals surface area contributed by atoms with E-state index in [4.69, 9.17) is 9.47 Å². The quantitative estimate of drug-likeness (QED) is 0.360. The summed E-state index contributed by atoms with van der Waals surface area (Å²) in [6.45, 7) is 3.33. The van der Waals surface area contributed by atoms with Crippen molar-refractivity contribution in [1.82, 2.24) is 0 Å². The minimum Gasteiger partial charge on any atom is -0.459 e. The number of ketones is 1. The summed E-state index contributed by atoms with van der Waals surface area (Å²) in [5.41, 5.74) is 1.47.